The van der Waals surface area contributed by atoms with Crippen molar-refractivity contribution in [2.45, 2.75) is 46.2 Å². The number of hydrogen-bond acceptors (Lipinski definition) is 1. The van der Waals surface area contributed by atoms with Gasteiger partial charge in [-0.15, -0.1) is 0 Å². The van der Waals surface area contributed by atoms with Gasteiger partial charge in [-0.1, -0.05) is 0 Å². The summed E-state index contributed by atoms with van der Waals surface area (Å²) in [5.74, 6) is 0. The normalized spacial score (nSPS) is 10.0. The van der Waals surface area contributed by atoms with E-state index in [1.807, 2.05) is 0 Å². The first-order chi connectivity index (χ1) is 4.59. The van der Waals surface area contributed by atoms with E-state index in [9.17, 15) is 0 Å². The Labute approximate surface area is 91.7 Å². The van der Waals surface area contributed by atoms with Crippen LogP contribution in [0.15, 0.2) is 0 Å². The summed E-state index contributed by atoms with van der Waals surface area (Å²) in [5, 5.41) is 0. The van der Waals surface area contributed by atoms with Crippen LogP contribution in [0.4, 0.5) is 0 Å². The van der Waals surface area contributed by atoms with Crippen molar-refractivity contribution in [3.8, 4) is 0 Å². The molecule has 0 aliphatic carbocycles. The molecule has 12 heavy (non-hydrogen) atoms. The molecule has 0 atom stereocenters. The molecule has 1 nitrogen and oxygen atoms in total. The largest absolute Gasteiger partial charge is 2.00 e. The third kappa shape index (κ3) is 7.24. The summed E-state index contributed by atoms with van der Waals surface area (Å²) in [6, 6.07) is 1.31. The fourth-order valence-electron chi connectivity index (χ4n) is 1.30. The van der Waals surface area contributed by atoms with Crippen LogP contribution in [-0.2, 0) is 19.5 Å². The van der Waals surface area contributed by atoms with E-state index < -0.39 is 0 Å². The fourth-order valence-corrected chi connectivity index (χ4v) is 1.30. The molecule has 70 valence electrons. The van der Waals surface area contributed by atoms with Crippen LogP contribution >= 0.6 is 0 Å². The predicted octanol–water partition coefficient (Wildman–Crippen LogP) is 2.78. The van der Waals surface area contributed by atoms with Gasteiger partial charge in [-0.3, -0.25) is 0 Å². The molecule has 0 N–H and O–H groups in total. The molecule has 0 aliphatic rings. The first-order valence-corrected chi connectivity index (χ1v) is 4.14. The zero-order chi connectivity index (χ0) is 8.15. The van der Waals surface area contributed by atoms with Crippen molar-refractivity contribution in [1.29, 1.82) is 0 Å². The van der Waals surface area contributed by atoms with E-state index in [1.165, 1.54) is 0 Å². The van der Waals surface area contributed by atoms with Gasteiger partial charge >= 0.3 is 19.5 Å². The van der Waals surface area contributed by atoms with Crippen molar-refractivity contribution < 1.29 is 19.5 Å². The minimum atomic E-state index is 0. The van der Waals surface area contributed by atoms with Crippen LogP contribution in [0.3, 0.4) is 0 Å². The van der Waals surface area contributed by atoms with Gasteiger partial charge in [0.1, 0.15) is 0 Å². The average Bonchev–Trinajstić information content (AvgIpc) is 1.81. The van der Waals surface area contributed by atoms with Crippen LogP contribution in [0.2, 0.25) is 0 Å². The SMILES string of the molecule is [CH2-]CCN(C(C)C)C(C)C.[CH3-].[Zn+2]. The monoisotopic (exact) mass is 221 g/mol. The molecule has 0 fully saturated rings. The Bertz CT molecular complexity index is 73.9. The number of hydrogen-bond donors (Lipinski definition) is 0. The molecule has 0 rings (SSSR count). The zero-order valence-corrected chi connectivity index (χ0v) is 12.4. The maximum Gasteiger partial charge on any atom is 2.00 e. The number of rotatable bonds is 4. The number of nitrogens with zero attached hydrogens (tertiary/aromatic N) is 1. The molecule has 0 amide bonds. The third-order valence-corrected chi connectivity index (χ3v) is 1.74. The van der Waals surface area contributed by atoms with Crippen LogP contribution in [0.1, 0.15) is 34.1 Å². The van der Waals surface area contributed by atoms with Crippen molar-refractivity contribution in [2.75, 3.05) is 6.54 Å². The topological polar surface area (TPSA) is 3.24 Å². The summed E-state index contributed by atoms with van der Waals surface area (Å²) in [6.07, 6.45) is 1.01. The van der Waals surface area contributed by atoms with Gasteiger partial charge in [-0.05, 0) is 34.2 Å². The Hall–Kier alpha value is 0.583. The minimum Gasteiger partial charge on any atom is -0.358 e. The molecule has 0 aliphatic heterocycles. The molecule has 0 saturated heterocycles. The van der Waals surface area contributed by atoms with Crippen molar-refractivity contribution >= 4 is 0 Å². The summed E-state index contributed by atoms with van der Waals surface area (Å²) >= 11 is 0. The summed E-state index contributed by atoms with van der Waals surface area (Å²) in [6.45, 7) is 13.9. The van der Waals surface area contributed by atoms with Gasteiger partial charge in [0.05, 0.1) is 0 Å². The minimum absolute atomic E-state index is 0. The van der Waals surface area contributed by atoms with Gasteiger partial charge < -0.3 is 19.3 Å². The van der Waals surface area contributed by atoms with E-state index in [-0.39, 0.29) is 26.9 Å². The standard InChI is InChI=1S/C9H20N.CH3.Zn/c1-6-7-10(8(2)3)9(4)5;;/h8-9H,1,6-7H2,2-5H3;1H3;/q2*-1;+2. The molecule has 0 saturated carbocycles. The van der Waals surface area contributed by atoms with Crippen molar-refractivity contribution in [2.24, 2.45) is 0 Å². The fraction of sp³-hybridized carbons (Fsp3) is 0.800. The van der Waals surface area contributed by atoms with E-state index in [2.05, 4.69) is 39.5 Å². The maximum absolute atomic E-state index is 3.85. The van der Waals surface area contributed by atoms with Gasteiger partial charge in [0.25, 0.3) is 0 Å². The molecule has 0 aromatic carbocycles. The van der Waals surface area contributed by atoms with Crippen LogP contribution in [-0.4, -0.2) is 23.5 Å². The molecule has 0 heterocycles. The molecule has 0 aromatic heterocycles. The second kappa shape index (κ2) is 9.67. The van der Waals surface area contributed by atoms with Gasteiger partial charge in [-0.25, -0.2) is 0 Å². The van der Waals surface area contributed by atoms with E-state index in [4.69, 9.17) is 0 Å². The second-order valence-electron chi connectivity index (χ2n) is 3.28. The van der Waals surface area contributed by atoms with Crippen molar-refractivity contribution in [1.82, 2.24) is 4.90 Å². The van der Waals surface area contributed by atoms with Gasteiger partial charge in [-0.2, -0.15) is 6.42 Å². The van der Waals surface area contributed by atoms with Gasteiger partial charge in [0, 0.05) is 12.1 Å². The first kappa shape index (κ1) is 18.4. The Kier molecular flexibility index (Phi) is 14.8. The summed E-state index contributed by atoms with van der Waals surface area (Å²) in [5.41, 5.74) is 0. The summed E-state index contributed by atoms with van der Waals surface area (Å²) < 4.78 is 0. The Morgan fingerprint density at radius 2 is 1.42 bits per heavy atom. The van der Waals surface area contributed by atoms with E-state index in [0.29, 0.717) is 12.1 Å². The quantitative estimate of drug-likeness (QED) is 0.522. The molecular formula is C10H23NZn. The molecule has 0 spiro atoms. The Balaban J connectivity index is -0.000000405. The first-order valence-electron chi connectivity index (χ1n) is 4.14. The van der Waals surface area contributed by atoms with Crippen molar-refractivity contribution in [3.05, 3.63) is 14.4 Å². The molecule has 0 unspecified atom stereocenters. The van der Waals surface area contributed by atoms with Crippen molar-refractivity contribution in [3.63, 3.8) is 0 Å². The molecule has 0 bridgehead atoms. The molecule has 2 heteroatoms. The van der Waals surface area contributed by atoms with Crippen LogP contribution in [0, 0.1) is 14.4 Å². The molecule has 0 aromatic rings. The summed E-state index contributed by atoms with van der Waals surface area (Å²) in [7, 11) is 0. The third-order valence-electron chi connectivity index (χ3n) is 1.74. The van der Waals surface area contributed by atoms with E-state index in [1.54, 1.807) is 0 Å². The Morgan fingerprint density at radius 1 is 1.08 bits per heavy atom. The summed E-state index contributed by atoms with van der Waals surface area (Å²) in [4.78, 5) is 2.45. The smallest absolute Gasteiger partial charge is 0.358 e. The van der Waals surface area contributed by atoms with Gasteiger partial charge in [0.2, 0.25) is 0 Å². The molecular weight excluding hydrogens is 200 g/mol. The van der Waals surface area contributed by atoms with Crippen LogP contribution in [0.5, 0.6) is 0 Å². The van der Waals surface area contributed by atoms with Gasteiger partial charge in [0.15, 0.2) is 0 Å². The van der Waals surface area contributed by atoms with E-state index in [0.717, 1.165) is 13.0 Å². The van der Waals surface area contributed by atoms with Crippen LogP contribution in [0.25, 0.3) is 0 Å². The molecule has 0 radical (unpaired) electrons. The Morgan fingerprint density at radius 3 is 1.50 bits per heavy atom. The maximum atomic E-state index is 3.85. The predicted molar refractivity (Wildman–Crippen MR) is 53.4 cm³/mol. The van der Waals surface area contributed by atoms with Crippen LogP contribution < -0.4 is 0 Å². The van der Waals surface area contributed by atoms with E-state index >= 15 is 0 Å². The second-order valence-corrected chi connectivity index (χ2v) is 3.28. The average molecular weight is 223 g/mol. The zero-order valence-electron chi connectivity index (χ0n) is 9.43.